The third-order valence-electron chi connectivity index (χ3n) is 1.83. The molecule has 0 aromatic heterocycles. The Kier molecular flexibility index (Phi) is 4.66. The van der Waals surface area contributed by atoms with E-state index in [4.69, 9.17) is 0 Å². The van der Waals surface area contributed by atoms with Crippen molar-refractivity contribution in [1.82, 2.24) is 0 Å². The average Bonchev–Trinajstić information content (AvgIpc) is 2.19. The zero-order chi connectivity index (χ0) is 10.4. The summed E-state index contributed by atoms with van der Waals surface area (Å²) in [7, 11) is 0. The van der Waals surface area contributed by atoms with Gasteiger partial charge in [-0.05, 0) is 40.7 Å². The quantitative estimate of drug-likeness (QED) is 0.565. The van der Waals surface area contributed by atoms with E-state index in [1.165, 1.54) is 11.1 Å². The van der Waals surface area contributed by atoms with Crippen LogP contribution >= 0.6 is 22.6 Å². The predicted molar refractivity (Wildman–Crippen MR) is 72.4 cm³/mol. The third kappa shape index (κ3) is 3.14. The molecule has 0 fully saturated rings. The maximum atomic E-state index is 3.97. The summed E-state index contributed by atoms with van der Waals surface area (Å²) in [6.45, 7) is 5.98. The maximum absolute atomic E-state index is 3.97. The van der Waals surface area contributed by atoms with E-state index in [-0.39, 0.29) is 0 Å². The molecule has 1 rings (SSSR count). The highest BCUT2D eigenvalue weighted by Gasteiger charge is 2.00. The summed E-state index contributed by atoms with van der Waals surface area (Å²) in [5.74, 6) is 0. The lowest BCUT2D eigenvalue weighted by Gasteiger charge is -2.04. The van der Waals surface area contributed by atoms with Crippen molar-refractivity contribution in [3.63, 3.8) is 0 Å². The molecule has 0 unspecified atom stereocenters. The molecule has 0 radical (unpaired) electrons. The molecule has 0 nitrogen and oxygen atoms in total. The van der Waals surface area contributed by atoms with Gasteiger partial charge in [-0.25, -0.2) is 0 Å². The van der Waals surface area contributed by atoms with Crippen LogP contribution in [0.2, 0.25) is 0 Å². The normalized spacial score (nSPS) is 12.0. The van der Waals surface area contributed by atoms with Crippen molar-refractivity contribution < 1.29 is 0 Å². The Hall–Kier alpha value is -0.830. The van der Waals surface area contributed by atoms with Crippen LogP contribution in [0.25, 0.3) is 5.57 Å². The second kappa shape index (κ2) is 5.81. The minimum atomic E-state index is 1.06. The van der Waals surface area contributed by atoms with Crippen LogP contribution in [0.5, 0.6) is 0 Å². The van der Waals surface area contributed by atoms with Gasteiger partial charge in [0.1, 0.15) is 0 Å². The SMILES string of the molecule is C=C(I)/C(=C\C=C/C)c1ccccc1. The molecule has 1 heteroatoms. The largest absolute Gasteiger partial charge is 0.0876 e. The molecule has 0 heterocycles. The molecule has 0 aliphatic heterocycles. The predicted octanol–water partition coefficient (Wildman–Crippen LogP) is 4.59. The first-order valence-electron chi connectivity index (χ1n) is 4.49. The van der Waals surface area contributed by atoms with Crippen molar-refractivity contribution in [2.45, 2.75) is 6.92 Å². The summed E-state index contributed by atoms with van der Waals surface area (Å²) in [4.78, 5) is 0. The number of hydrogen-bond acceptors (Lipinski definition) is 0. The molecule has 0 amide bonds. The van der Waals surface area contributed by atoms with E-state index in [0.29, 0.717) is 0 Å². The second-order valence-electron chi connectivity index (χ2n) is 2.88. The first-order valence-corrected chi connectivity index (χ1v) is 5.56. The summed E-state index contributed by atoms with van der Waals surface area (Å²) >= 11 is 2.25. The first-order chi connectivity index (χ1) is 6.75. The highest BCUT2D eigenvalue weighted by Crippen LogP contribution is 2.26. The lowest BCUT2D eigenvalue weighted by molar-refractivity contribution is 1.61. The van der Waals surface area contributed by atoms with Gasteiger partial charge in [-0.15, -0.1) is 0 Å². The number of hydrogen-bond donors (Lipinski definition) is 0. The van der Waals surface area contributed by atoms with Gasteiger partial charge in [0.05, 0.1) is 0 Å². The molecule has 14 heavy (non-hydrogen) atoms. The van der Waals surface area contributed by atoms with Crippen LogP contribution in [0.4, 0.5) is 0 Å². The maximum Gasteiger partial charge on any atom is 0.0136 e. The third-order valence-corrected chi connectivity index (χ3v) is 2.41. The molecule has 0 saturated carbocycles. The van der Waals surface area contributed by atoms with Gasteiger partial charge >= 0.3 is 0 Å². The van der Waals surface area contributed by atoms with Gasteiger partial charge in [-0.1, -0.05) is 55.1 Å². The Balaban J connectivity index is 3.07. The van der Waals surface area contributed by atoms with Crippen molar-refractivity contribution >= 4 is 28.2 Å². The van der Waals surface area contributed by atoms with Gasteiger partial charge in [-0.3, -0.25) is 0 Å². The van der Waals surface area contributed by atoms with E-state index in [0.717, 1.165) is 3.58 Å². The van der Waals surface area contributed by atoms with Crippen molar-refractivity contribution in [2.24, 2.45) is 0 Å². The van der Waals surface area contributed by atoms with Gasteiger partial charge < -0.3 is 0 Å². The molecule has 0 bridgehead atoms. The van der Waals surface area contributed by atoms with Crippen LogP contribution in [-0.2, 0) is 0 Å². The fourth-order valence-corrected chi connectivity index (χ4v) is 1.64. The lowest BCUT2D eigenvalue weighted by atomic mass is 10.1. The van der Waals surface area contributed by atoms with Gasteiger partial charge in [0.2, 0.25) is 0 Å². The van der Waals surface area contributed by atoms with E-state index in [9.17, 15) is 0 Å². The van der Waals surface area contributed by atoms with E-state index >= 15 is 0 Å². The molecule has 0 atom stereocenters. The highest BCUT2D eigenvalue weighted by molar-refractivity contribution is 14.1. The Bertz CT molecular complexity index is 358. The summed E-state index contributed by atoms with van der Waals surface area (Å²) in [6, 6.07) is 10.3. The summed E-state index contributed by atoms with van der Waals surface area (Å²) in [5, 5.41) is 0. The number of allylic oxidation sites excluding steroid dienone is 5. The van der Waals surface area contributed by atoms with Gasteiger partial charge in [0.25, 0.3) is 0 Å². The van der Waals surface area contributed by atoms with Crippen LogP contribution in [0.15, 0.2) is 58.7 Å². The van der Waals surface area contributed by atoms with Gasteiger partial charge in [0, 0.05) is 3.58 Å². The van der Waals surface area contributed by atoms with Gasteiger partial charge in [0.15, 0.2) is 0 Å². The van der Waals surface area contributed by atoms with Crippen molar-refractivity contribution in [3.05, 3.63) is 64.3 Å². The van der Waals surface area contributed by atoms with E-state index in [1.807, 2.05) is 37.3 Å². The smallest absolute Gasteiger partial charge is 0.0136 e. The molecule has 1 aromatic rings. The molecule has 72 valence electrons. The zero-order valence-corrected chi connectivity index (χ0v) is 10.4. The number of rotatable bonds is 3. The minimum absolute atomic E-state index is 1.06. The lowest BCUT2D eigenvalue weighted by Crippen LogP contribution is -1.81. The Morgan fingerprint density at radius 2 is 1.93 bits per heavy atom. The number of halogens is 1. The fourth-order valence-electron chi connectivity index (χ4n) is 1.15. The molecular formula is C13H13I. The first kappa shape index (κ1) is 11.2. The van der Waals surface area contributed by atoms with E-state index in [2.05, 4.69) is 47.4 Å². The Morgan fingerprint density at radius 1 is 1.29 bits per heavy atom. The topological polar surface area (TPSA) is 0 Å². The van der Waals surface area contributed by atoms with Crippen molar-refractivity contribution in [2.75, 3.05) is 0 Å². The van der Waals surface area contributed by atoms with Crippen LogP contribution in [0.3, 0.4) is 0 Å². The van der Waals surface area contributed by atoms with Crippen LogP contribution in [-0.4, -0.2) is 0 Å². The molecule has 0 aliphatic carbocycles. The zero-order valence-electron chi connectivity index (χ0n) is 8.20. The van der Waals surface area contributed by atoms with Crippen LogP contribution < -0.4 is 0 Å². The average molecular weight is 296 g/mol. The van der Waals surface area contributed by atoms with Crippen molar-refractivity contribution in [1.29, 1.82) is 0 Å². The van der Waals surface area contributed by atoms with Crippen LogP contribution in [0.1, 0.15) is 12.5 Å². The highest BCUT2D eigenvalue weighted by atomic mass is 127. The number of benzene rings is 1. The minimum Gasteiger partial charge on any atom is -0.0876 e. The molecule has 1 aromatic carbocycles. The Labute approximate surface area is 99.2 Å². The summed E-state index contributed by atoms with van der Waals surface area (Å²) in [6.07, 6.45) is 6.14. The van der Waals surface area contributed by atoms with E-state index in [1.54, 1.807) is 0 Å². The second-order valence-corrected chi connectivity index (χ2v) is 4.18. The fraction of sp³-hybridized carbons (Fsp3) is 0.0769. The molecule has 0 N–H and O–H groups in total. The molecule has 0 aliphatic rings. The standard InChI is InChI=1S/C13H13I/c1-3-4-10-13(11(2)14)12-8-6-5-7-9-12/h3-10H,2H2,1H3/b4-3-,13-10+. The van der Waals surface area contributed by atoms with Crippen LogP contribution in [0, 0.1) is 0 Å². The summed E-state index contributed by atoms with van der Waals surface area (Å²) < 4.78 is 1.06. The summed E-state index contributed by atoms with van der Waals surface area (Å²) in [5.41, 5.74) is 2.40. The van der Waals surface area contributed by atoms with Gasteiger partial charge in [-0.2, -0.15) is 0 Å². The molecule has 0 saturated heterocycles. The van der Waals surface area contributed by atoms with E-state index < -0.39 is 0 Å². The molecular weight excluding hydrogens is 283 g/mol. The molecule has 0 spiro atoms. The monoisotopic (exact) mass is 296 g/mol. The Morgan fingerprint density at radius 3 is 2.43 bits per heavy atom. The van der Waals surface area contributed by atoms with Crippen molar-refractivity contribution in [3.8, 4) is 0 Å².